The lowest BCUT2D eigenvalue weighted by Gasteiger charge is -2.30. The fraction of sp³-hybridized carbons (Fsp3) is 0.467. The molecule has 2 heterocycles. The van der Waals surface area contributed by atoms with Crippen LogP contribution in [0.3, 0.4) is 0 Å². The molecule has 2 amide bonds. The summed E-state index contributed by atoms with van der Waals surface area (Å²) >= 11 is 0. The van der Waals surface area contributed by atoms with Crippen molar-refractivity contribution in [1.82, 2.24) is 4.90 Å². The Kier molecular flexibility index (Phi) is 3.12. The fourth-order valence-corrected chi connectivity index (χ4v) is 2.97. The molecule has 1 saturated heterocycles. The minimum Gasteiger partial charge on any atom is -0.447 e. The van der Waals surface area contributed by atoms with Gasteiger partial charge in [0.25, 0.3) is 0 Å². The van der Waals surface area contributed by atoms with Crippen LogP contribution in [0, 0.1) is 5.92 Å². The number of benzene rings is 1. The molecule has 0 aliphatic carbocycles. The third-order valence-electron chi connectivity index (χ3n) is 4.24. The lowest BCUT2D eigenvalue weighted by Crippen LogP contribution is -2.47. The largest absolute Gasteiger partial charge is 0.447 e. The zero-order valence-corrected chi connectivity index (χ0v) is 11.6. The van der Waals surface area contributed by atoms with E-state index in [-0.39, 0.29) is 17.9 Å². The number of carbonyl (C=O) groups excluding carboxylic acids is 2. The van der Waals surface area contributed by atoms with Crippen LogP contribution in [0.15, 0.2) is 24.3 Å². The molecule has 3 atom stereocenters. The van der Waals surface area contributed by atoms with Crippen molar-refractivity contribution in [3.8, 4) is 0 Å². The van der Waals surface area contributed by atoms with Crippen LogP contribution >= 0.6 is 0 Å². The molecule has 106 valence electrons. The Hall–Kier alpha value is -2.04. The molecular weight excluding hydrogens is 256 g/mol. The summed E-state index contributed by atoms with van der Waals surface area (Å²) in [6.45, 7) is 4.31. The summed E-state index contributed by atoms with van der Waals surface area (Å²) < 4.78 is 5.19. The molecule has 0 aromatic heterocycles. The molecule has 2 aliphatic rings. The summed E-state index contributed by atoms with van der Waals surface area (Å²) in [4.78, 5) is 26.2. The molecule has 20 heavy (non-hydrogen) atoms. The molecule has 1 fully saturated rings. The molecule has 1 aromatic rings. The normalized spacial score (nSPS) is 26.2. The highest BCUT2D eigenvalue weighted by Crippen LogP contribution is 2.38. The third-order valence-corrected chi connectivity index (χ3v) is 4.24. The Morgan fingerprint density at radius 3 is 2.90 bits per heavy atom. The highest BCUT2D eigenvalue weighted by Gasteiger charge is 2.46. The highest BCUT2D eigenvalue weighted by molar-refractivity contribution is 5.99. The Balaban J connectivity index is 2.10. The van der Waals surface area contributed by atoms with Gasteiger partial charge in [-0.2, -0.15) is 0 Å². The lowest BCUT2D eigenvalue weighted by atomic mass is 9.96. The topological polar surface area (TPSA) is 58.6 Å². The fourth-order valence-electron chi connectivity index (χ4n) is 2.97. The maximum absolute atomic E-state index is 12.5. The van der Waals surface area contributed by atoms with Gasteiger partial charge in [0.15, 0.2) is 0 Å². The average molecular weight is 274 g/mol. The molecule has 0 saturated carbocycles. The molecular formula is C15H18N2O3. The van der Waals surface area contributed by atoms with Crippen LogP contribution in [-0.4, -0.2) is 29.5 Å². The molecule has 3 unspecified atom stereocenters. The van der Waals surface area contributed by atoms with E-state index in [1.165, 1.54) is 0 Å². The van der Waals surface area contributed by atoms with Crippen molar-refractivity contribution in [3.63, 3.8) is 0 Å². The summed E-state index contributed by atoms with van der Waals surface area (Å²) in [5.74, 6) is -0.0504. The van der Waals surface area contributed by atoms with Gasteiger partial charge in [-0.05, 0) is 12.0 Å². The van der Waals surface area contributed by atoms with Crippen LogP contribution in [0.1, 0.15) is 31.9 Å². The van der Waals surface area contributed by atoms with Gasteiger partial charge in [0.2, 0.25) is 5.91 Å². The maximum atomic E-state index is 12.5. The zero-order chi connectivity index (χ0) is 14.3. The number of nitrogens with one attached hydrogen (secondary N) is 1. The number of carbonyl (C=O) groups is 2. The number of ether oxygens (including phenoxy) is 1. The van der Waals surface area contributed by atoms with Crippen LogP contribution in [0.5, 0.6) is 0 Å². The van der Waals surface area contributed by atoms with Crippen molar-refractivity contribution < 1.29 is 14.3 Å². The predicted octanol–water partition coefficient (Wildman–Crippen LogP) is 2.55. The van der Waals surface area contributed by atoms with E-state index >= 15 is 0 Å². The van der Waals surface area contributed by atoms with E-state index in [1.807, 2.05) is 38.1 Å². The molecule has 1 aromatic carbocycles. The first-order chi connectivity index (χ1) is 9.63. The van der Waals surface area contributed by atoms with Crippen LogP contribution in [-0.2, 0) is 9.53 Å². The van der Waals surface area contributed by atoms with Crippen LogP contribution in [0.25, 0.3) is 0 Å². The number of para-hydroxylation sites is 1. The number of fused-ring (bicyclic) bond motifs is 3. The summed E-state index contributed by atoms with van der Waals surface area (Å²) in [6.07, 6.45) is 0.428. The molecule has 5 heteroatoms. The lowest BCUT2D eigenvalue weighted by molar-refractivity contribution is -0.122. The van der Waals surface area contributed by atoms with Crippen molar-refractivity contribution in [2.45, 2.75) is 32.4 Å². The number of rotatable bonds is 2. The van der Waals surface area contributed by atoms with Crippen molar-refractivity contribution in [3.05, 3.63) is 29.8 Å². The Labute approximate surface area is 117 Å². The quantitative estimate of drug-likeness (QED) is 0.901. The van der Waals surface area contributed by atoms with Gasteiger partial charge in [-0.25, -0.2) is 4.79 Å². The second-order valence-electron chi connectivity index (χ2n) is 5.41. The van der Waals surface area contributed by atoms with Crippen molar-refractivity contribution in [2.75, 3.05) is 11.9 Å². The van der Waals surface area contributed by atoms with E-state index in [0.29, 0.717) is 6.61 Å². The Morgan fingerprint density at radius 1 is 1.40 bits per heavy atom. The minimum absolute atomic E-state index is 0.0810. The first kappa shape index (κ1) is 13.0. The highest BCUT2D eigenvalue weighted by atomic mass is 16.6. The van der Waals surface area contributed by atoms with E-state index in [4.69, 9.17) is 4.74 Å². The standard InChI is InChI=1S/C15H18N2O3/c1-3-9(2)13-14(18)16-11-7-5-4-6-10(11)12-8-20-15(19)17(12)13/h4-7,9,12-13H,3,8H2,1-2H3,(H,16,18). The first-order valence-electron chi connectivity index (χ1n) is 6.98. The zero-order valence-electron chi connectivity index (χ0n) is 11.6. The molecule has 5 nitrogen and oxygen atoms in total. The number of hydrogen-bond acceptors (Lipinski definition) is 3. The Bertz CT molecular complexity index is 558. The van der Waals surface area contributed by atoms with Gasteiger partial charge in [-0.15, -0.1) is 0 Å². The summed E-state index contributed by atoms with van der Waals surface area (Å²) in [5.41, 5.74) is 1.72. The molecule has 3 rings (SSSR count). The predicted molar refractivity (Wildman–Crippen MR) is 74.2 cm³/mol. The van der Waals surface area contributed by atoms with Crippen LogP contribution in [0.2, 0.25) is 0 Å². The smallest absolute Gasteiger partial charge is 0.411 e. The first-order valence-corrected chi connectivity index (χ1v) is 6.98. The van der Waals surface area contributed by atoms with E-state index < -0.39 is 12.1 Å². The number of nitrogens with zero attached hydrogens (tertiary/aromatic N) is 1. The molecule has 2 aliphatic heterocycles. The Morgan fingerprint density at radius 2 is 2.15 bits per heavy atom. The monoisotopic (exact) mass is 274 g/mol. The van der Waals surface area contributed by atoms with Crippen molar-refractivity contribution in [2.24, 2.45) is 5.92 Å². The van der Waals surface area contributed by atoms with E-state index in [1.54, 1.807) is 4.90 Å². The van der Waals surface area contributed by atoms with Gasteiger partial charge in [0.05, 0.1) is 6.04 Å². The van der Waals surface area contributed by atoms with Crippen molar-refractivity contribution in [1.29, 1.82) is 0 Å². The van der Waals surface area contributed by atoms with Crippen LogP contribution < -0.4 is 5.32 Å². The van der Waals surface area contributed by atoms with Gasteiger partial charge in [-0.3, -0.25) is 9.69 Å². The van der Waals surface area contributed by atoms with E-state index in [0.717, 1.165) is 17.7 Å². The van der Waals surface area contributed by atoms with Gasteiger partial charge < -0.3 is 10.1 Å². The summed E-state index contributed by atoms with van der Waals surface area (Å²) in [7, 11) is 0. The maximum Gasteiger partial charge on any atom is 0.411 e. The molecule has 0 radical (unpaired) electrons. The summed E-state index contributed by atoms with van der Waals surface area (Å²) in [6, 6.07) is 6.94. The van der Waals surface area contributed by atoms with Gasteiger partial charge in [0.1, 0.15) is 12.6 Å². The second-order valence-corrected chi connectivity index (χ2v) is 5.41. The van der Waals surface area contributed by atoms with Gasteiger partial charge in [-0.1, -0.05) is 38.5 Å². The van der Waals surface area contributed by atoms with E-state index in [2.05, 4.69) is 5.32 Å². The minimum atomic E-state index is -0.479. The average Bonchev–Trinajstić information content (AvgIpc) is 2.75. The summed E-state index contributed by atoms with van der Waals surface area (Å²) in [5, 5.41) is 2.95. The molecule has 0 bridgehead atoms. The van der Waals surface area contributed by atoms with Crippen molar-refractivity contribution >= 4 is 17.7 Å². The number of amides is 2. The SMILES string of the molecule is CCC(C)C1C(=O)Nc2ccccc2C2COC(=O)N21. The molecule has 1 N–H and O–H groups in total. The van der Waals surface area contributed by atoms with Gasteiger partial charge >= 0.3 is 6.09 Å². The number of hydrogen-bond donors (Lipinski definition) is 1. The van der Waals surface area contributed by atoms with E-state index in [9.17, 15) is 9.59 Å². The number of cyclic esters (lactones) is 1. The number of anilines is 1. The second kappa shape index (κ2) is 4.81. The third kappa shape index (κ3) is 1.85. The van der Waals surface area contributed by atoms with Gasteiger partial charge in [0, 0.05) is 11.3 Å². The van der Waals surface area contributed by atoms with Crippen LogP contribution in [0.4, 0.5) is 10.5 Å². The molecule has 0 spiro atoms.